The summed E-state index contributed by atoms with van der Waals surface area (Å²) in [7, 11) is 0. The Balaban J connectivity index is 4.30. The molecule has 0 aliphatic carbocycles. The van der Waals surface area contributed by atoms with Gasteiger partial charge in [0.2, 0.25) is 0 Å². The Hall–Kier alpha value is -1.59. The molecule has 0 N–H and O–H groups in total. The van der Waals surface area contributed by atoms with Crippen molar-refractivity contribution in [3.05, 3.63) is 0 Å². The number of esters is 3. The molecular formula is C54H104O6. The van der Waals surface area contributed by atoms with Gasteiger partial charge in [-0.2, -0.15) is 0 Å². The second-order valence-electron chi connectivity index (χ2n) is 19.2. The van der Waals surface area contributed by atoms with Crippen molar-refractivity contribution in [2.45, 2.75) is 304 Å². The molecule has 60 heavy (non-hydrogen) atoms. The van der Waals surface area contributed by atoms with Gasteiger partial charge in [0.25, 0.3) is 0 Å². The van der Waals surface area contributed by atoms with Gasteiger partial charge in [0, 0.05) is 19.3 Å². The maximum Gasteiger partial charge on any atom is 0.306 e. The first-order chi connectivity index (χ1) is 29.3. The van der Waals surface area contributed by atoms with Gasteiger partial charge in [-0.05, 0) is 31.1 Å². The van der Waals surface area contributed by atoms with Gasteiger partial charge in [0.1, 0.15) is 13.2 Å². The van der Waals surface area contributed by atoms with E-state index in [9.17, 15) is 14.4 Å². The molecule has 0 spiro atoms. The Labute approximate surface area is 374 Å². The Morgan fingerprint density at radius 2 is 0.633 bits per heavy atom. The number of carbonyl (C=O) groups excluding carboxylic acids is 3. The van der Waals surface area contributed by atoms with Gasteiger partial charge in [-0.15, -0.1) is 0 Å². The molecule has 0 bridgehead atoms. The predicted molar refractivity (Wildman–Crippen MR) is 256 cm³/mol. The summed E-state index contributed by atoms with van der Waals surface area (Å²) in [5.41, 5.74) is 0. The van der Waals surface area contributed by atoms with Crippen molar-refractivity contribution in [1.29, 1.82) is 0 Å². The van der Waals surface area contributed by atoms with Crippen LogP contribution in [0.4, 0.5) is 0 Å². The van der Waals surface area contributed by atoms with Crippen molar-refractivity contribution in [3.8, 4) is 0 Å². The minimum absolute atomic E-state index is 0.0635. The summed E-state index contributed by atoms with van der Waals surface area (Å²) in [6.45, 7) is 11.4. The van der Waals surface area contributed by atoms with Crippen LogP contribution in [0.3, 0.4) is 0 Å². The normalized spacial score (nSPS) is 12.5. The third kappa shape index (κ3) is 45.9. The van der Waals surface area contributed by atoms with Crippen LogP contribution in [-0.2, 0) is 28.6 Å². The van der Waals surface area contributed by atoms with Gasteiger partial charge in [-0.1, -0.05) is 259 Å². The average Bonchev–Trinajstić information content (AvgIpc) is 3.23. The van der Waals surface area contributed by atoms with E-state index in [-0.39, 0.29) is 31.1 Å². The molecule has 0 radical (unpaired) electrons. The van der Waals surface area contributed by atoms with E-state index in [0.717, 1.165) is 69.6 Å². The van der Waals surface area contributed by atoms with E-state index in [1.165, 1.54) is 186 Å². The first kappa shape index (κ1) is 58.4. The first-order valence-electron chi connectivity index (χ1n) is 26.8. The molecule has 2 atom stereocenters. The lowest BCUT2D eigenvalue weighted by Crippen LogP contribution is -2.30. The molecule has 356 valence electrons. The molecule has 0 rings (SSSR count). The molecule has 0 amide bonds. The Morgan fingerprint density at radius 1 is 0.350 bits per heavy atom. The third-order valence-corrected chi connectivity index (χ3v) is 12.6. The van der Waals surface area contributed by atoms with E-state index in [1.807, 2.05) is 0 Å². The molecular weight excluding hydrogens is 745 g/mol. The first-order valence-corrected chi connectivity index (χ1v) is 26.8. The molecule has 6 nitrogen and oxygen atoms in total. The van der Waals surface area contributed by atoms with Gasteiger partial charge in [-0.25, -0.2) is 0 Å². The highest BCUT2D eigenvalue weighted by molar-refractivity contribution is 5.71. The van der Waals surface area contributed by atoms with Crippen molar-refractivity contribution in [2.24, 2.45) is 11.8 Å². The molecule has 0 aromatic carbocycles. The maximum atomic E-state index is 12.8. The van der Waals surface area contributed by atoms with Crippen LogP contribution in [0.25, 0.3) is 0 Å². The highest BCUT2D eigenvalue weighted by atomic mass is 16.6. The molecule has 0 aromatic rings. The van der Waals surface area contributed by atoms with E-state index in [1.54, 1.807) is 0 Å². The lowest BCUT2D eigenvalue weighted by atomic mass is 9.99. The minimum Gasteiger partial charge on any atom is -0.462 e. The van der Waals surface area contributed by atoms with Crippen LogP contribution in [0.15, 0.2) is 0 Å². The molecule has 0 saturated carbocycles. The smallest absolute Gasteiger partial charge is 0.306 e. The molecule has 6 heteroatoms. The number of ether oxygens (including phenoxy) is 3. The summed E-state index contributed by atoms with van der Waals surface area (Å²) >= 11 is 0. The molecule has 0 saturated heterocycles. The third-order valence-electron chi connectivity index (χ3n) is 12.6. The van der Waals surface area contributed by atoms with Crippen molar-refractivity contribution >= 4 is 17.9 Å². The molecule has 0 aliphatic heterocycles. The molecule has 0 aromatic heterocycles. The highest BCUT2D eigenvalue weighted by Crippen LogP contribution is 2.18. The molecule has 0 heterocycles. The van der Waals surface area contributed by atoms with E-state index in [4.69, 9.17) is 14.2 Å². The number of rotatable bonds is 48. The van der Waals surface area contributed by atoms with Crippen LogP contribution < -0.4 is 0 Å². The van der Waals surface area contributed by atoms with Crippen molar-refractivity contribution in [2.75, 3.05) is 13.2 Å². The Morgan fingerprint density at radius 3 is 0.950 bits per heavy atom. The summed E-state index contributed by atoms with van der Waals surface area (Å²) in [5.74, 6) is 0.846. The fourth-order valence-corrected chi connectivity index (χ4v) is 8.13. The van der Waals surface area contributed by atoms with Gasteiger partial charge in [0.05, 0.1) is 0 Å². The van der Waals surface area contributed by atoms with Gasteiger partial charge < -0.3 is 14.2 Å². The lowest BCUT2D eigenvalue weighted by molar-refractivity contribution is -0.167. The number of hydrogen-bond acceptors (Lipinski definition) is 6. The van der Waals surface area contributed by atoms with Crippen LogP contribution in [0.5, 0.6) is 0 Å². The zero-order chi connectivity index (χ0) is 44.0. The van der Waals surface area contributed by atoms with Crippen molar-refractivity contribution in [1.82, 2.24) is 0 Å². The van der Waals surface area contributed by atoms with E-state index < -0.39 is 6.10 Å². The zero-order valence-electron chi connectivity index (χ0n) is 41.1. The van der Waals surface area contributed by atoms with Gasteiger partial charge in [0.15, 0.2) is 6.10 Å². The Kier molecular flexibility index (Phi) is 45.7. The topological polar surface area (TPSA) is 78.9 Å². The quantitative estimate of drug-likeness (QED) is 0.0345. The van der Waals surface area contributed by atoms with E-state index in [0.29, 0.717) is 19.3 Å². The zero-order valence-corrected chi connectivity index (χ0v) is 41.1. The largest absolute Gasteiger partial charge is 0.462 e. The second kappa shape index (κ2) is 46.9. The monoisotopic (exact) mass is 849 g/mol. The summed E-state index contributed by atoms with van der Waals surface area (Å²) in [6, 6.07) is 0. The SMILES string of the molecule is CCCCCCCCCCCCCCCC(=O)O[C@H](COC(=O)CCCCCCCCCCCCCCCCC(C)C)COC(=O)CCCCCCCCCCC(C)CC. The maximum absolute atomic E-state index is 12.8. The fourth-order valence-electron chi connectivity index (χ4n) is 8.13. The molecule has 0 fully saturated rings. The standard InChI is InChI=1S/C54H104O6/c1-6-8-9-10-11-12-13-16-21-24-31-36-41-46-54(57)60-51(48-59-53(56)45-40-35-30-26-25-28-33-38-43-50(5)7-2)47-58-52(55)44-39-34-29-23-20-18-15-14-17-19-22-27-32-37-42-49(3)4/h49-51H,6-48H2,1-5H3/t50?,51-/m1/s1. The fraction of sp³-hybridized carbons (Fsp3) is 0.944. The Bertz CT molecular complexity index is 918. The van der Waals surface area contributed by atoms with Crippen LogP contribution in [0.2, 0.25) is 0 Å². The van der Waals surface area contributed by atoms with Crippen LogP contribution in [-0.4, -0.2) is 37.2 Å². The highest BCUT2D eigenvalue weighted by Gasteiger charge is 2.19. The average molecular weight is 849 g/mol. The van der Waals surface area contributed by atoms with Crippen molar-refractivity contribution < 1.29 is 28.6 Å². The number of carbonyl (C=O) groups is 3. The minimum atomic E-state index is -0.762. The lowest BCUT2D eigenvalue weighted by Gasteiger charge is -2.18. The number of hydrogen-bond donors (Lipinski definition) is 0. The van der Waals surface area contributed by atoms with E-state index >= 15 is 0 Å². The van der Waals surface area contributed by atoms with Crippen LogP contribution in [0.1, 0.15) is 298 Å². The van der Waals surface area contributed by atoms with Gasteiger partial charge >= 0.3 is 17.9 Å². The molecule has 0 aliphatic rings. The summed E-state index contributed by atoms with van der Waals surface area (Å²) in [4.78, 5) is 38.0. The summed E-state index contributed by atoms with van der Waals surface area (Å²) in [6.07, 6.45) is 48.0. The van der Waals surface area contributed by atoms with E-state index in [2.05, 4.69) is 34.6 Å². The summed E-state index contributed by atoms with van der Waals surface area (Å²) in [5, 5.41) is 0. The van der Waals surface area contributed by atoms with Crippen LogP contribution >= 0.6 is 0 Å². The van der Waals surface area contributed by atoms with Gasteiger partial charge in [-0.3, -0.25) is 14.4 Å². The van der Waals surface area contributed by atoms with Crippen LogP contribution in [0, 0.1) is 11.8 Å². The molecule has 1 unspecified atom stereocenters. The number of unbranched alkanes of at least 4 members (excludes halogenated alkanes) is 32. The van der Waals surface area contributed by atoms with Crippen molar-refractivity contribution in [3.63, 3.8) is 0 Å². The predicted octanol–water partition coefficient (Wildman–Crippen LogP) is 17.3. The summed E-state index contributed by atoms with van der Waals surface area (Å²) < 4.78 is 16.8. The second-order valence-corrected chi connectivity index (χ2v) is 19.2.